The molecule has 0 aliphatic heterocycles. The number of hydrogen-bond acceptors (Lipinski definition) is 4. The van der Waals surface area contributed by atoms with E-state index in [9.17, 15) is 18.0 Å². The van der Waals surface area contributed by atoms with Crippen LogP contribution in [0.25, 0.3) is 11.4 Å². The van der Waals surface area contributed by atoms with Gasteiger partial charge in [-0.15, -0.1) is 11.3 Å². The molecule has 5 nitrogen and oxygen atoms in total. The maximum Gasteiger partial charge on any atom is 0.416 e. The van der Waals surface area contributed by atoms with Crippen LogP contribution >= 0.6 is 11.3 Å². The second kappa shape index (κ2) is 11.3. The maximum atomic E-state index is 13.2. The van der Waals surface area contributed by atoms with Crippen molar-refractivity contribution in [1.29, 1.82) is 0 Å². The van der Waals surface area contributed by atoms with Gasteiger partial charge in [-0.25, -0.2) is 4.98 Å². The van der Waals surface area contributed by atoms with Gasteiger partial charge in [-0.2, -0.15) is 13.2 Å². The quantitative estimate of drug-likeness (QED) is 0.308. The Balaban J connectivity index is 1.91. The largest absolute Gasteiger partial charge is 0.416 e. The van der Waals surface area contributed by atoms with E-state index in [0.29, 0.717) is 34.5 Å². The van der Waals surface area contributed by atoms with Gasteiger partial charge in [-0.1, -0.05) is 33.3 Å². The molecule has 2 aromatic heterocycles. The van der Waals surface area contributed by atoms with Crippen LogP contribution in [0.2, 0.25) is 0 Å². The minimum absolute atomic E-state index is 0.0157. The average molecular weight is 507 g/mol. The van der Waals surface area contributed by atoms with Gasteiger partial charge in [0.25, 0.3) is 5.91 Å². The Morgan fingerprint density at radius 3 is 2.66 bits per heavy atom. The van der Waals surface area contributed by atoms with E-state index in [1.54, 1.807) is 11.0 Å². The van der Waals surface area contributed by atoms with Crippen molar-refractivity contribution >= 4 is 28.1 Å². The van der Waals surface area contributed by atoms with Crippen molar-refractivity contribution in [2.75, 3.05) is 18.9 Å². The van der Waals surface area contributed by atoms with Crippen molar-refractivity contribution in [3.63, 3.8) is 0 Å². The Morgan fingerprint density at radius 2 is 2.00 bits per heavy atom. The highest BCUT2D eigenvalue weighted by Gasteiger charge is 2.30. The summed E-state index contributed by atoms with van der Waals surface area (Å²) < 4.78 is 41.3. The highest BCUT2D eigenvalue weighted by Crippen LogP contribution is 2.34. The standard InChI is InChI=1S/C26H33F3N4OS/c1-6-7-12-32(5)24(34)21-15-23(33(18(21)4)13-11-17(2)3)22-16-35-25(31-22)30-20-10-8-9-19(14-20)26(27,28)29/h8-10,14-17H,6-7,11-13H2,1-5H3,(H,30,31). The van der Waals surface area contributed by atoms with E-state index in [-0.39, 0.29) is 5.91 Å². The number of thiazole rings is 1. The molecule has 0 spiro atoms. The van der Waals surface area contributed by atoms with Crippen LogP contribution < -0.4 is 5.32 Å². The lowest BCUT2D eigenvalue weighted by Crippen LogP contribution is -2.28. The number of halogens is 3. The molecule has 0 aliphatic rings. The first-order valence-corrected chi connectivity index (χ1v) is 12.7. The fourth-order valence-electron chi connectivity index (χ4n) is 3.80. The summed E-state index contributed by atoms with van der Waals surface area (Å²) in [5, 5.41) is 5.34. The van der Waals surface area contributed by atoms with Crippen LogP contribution in [0.5, 0.6) is 0 Å². The maximum absolute atomic E-state index is 13.2. The average Bonchev–Trinajstić information content (AvgIpc) is 3.39. The van der Waals surface area contributed by atoms with Crippen LogP contribution in [-0.2, 0) is 12.7 Å². The number of hydrogen-bond donors (Lipinski definition) is 1. The minimum atomic E-state index is -4.41. The second-order valence-corrected chi connectivity index (χ2v) is 10.0. The van der Waals surface area contributed by atoms with Crippen LogP contribution in [0.15, 0.2) is 35.7 Å². The van der Waals surface area contributed by atoms with Gasteiger partial charge in [0.15, 0.2) is 5.13 Å². The molecule has 0 saturated carbocycles. The Morgan fingerprint density at radius 1 is 1.26 bits per heavy atom. The van der Waals surface area contributed by atoms with Crippen LogP contribution in [0.3, 0.4) is 0 Å². The first-order valence-electron chi connectivity index (χ1n) is 11.9. The summed E-state index contributed by atoms with van der Waals surface area (Å²) in [6.07, 6.45) is -1.51. The number of aromatic nitrogens is 2. The van der Waals surface area contributed by atoms with E-state index in [0.717, 1.165) is 49.3 Å². The third-order valence-electron chi connectivity index (χ3n) is 5.93. The molecule has 0 aliphatic carbocycles. The Hall–Kier alpha value is -2.81. The first-order chi connectivity index (χ1) is 16.5. The van der Waals surface area contributed by atoms with Gasteiger partial charge in [0, 0.05) is 36.9 Å². The molecule has 0 bridgehead atoms. The van der Waals surface area contributed by atoms with Gasteiger partial charge in [0.1, 0.15) is 0 Å². The number of nitrogens with zero attached hydrogens (tertiary/aromatic N) is 3. The lowest BCUT2D eigenvalue weighted by molar-refractivity contribution is -0.137. The summed E-state index contributed by atoms with van der Waals surface area (Å²) in [4.78, 5) is 19.6. The summed E-state index contributed by atoms with van der Waals surface area (Å²) >= 11 is 1.31. The summed E-state index contributed by atoms with van der Waals surface area (Å²) in [7, 11) is 1.82. The third kappa shape index (κ3) is 6.66. The molecule has 35 heavy (non-hydrogen) atoms. The van der Waals surface area contributed by atoms with E-state index in [2.05, 4.69) is 35.6 Å². The predicted octanol–water partition coefficient (Wildman–Crippen LogP) is 7.60. The SMILES string of the molecule is CCCCN(C)C(=O)c1cc(-c2csc(Nc3cccc(C(F)(F)F)c3)n2)n(CCC(C)C)c1C. The van der Waals surface area contributed by atoms with E-state index in [4.69, 9.17) is 0 Å². The molecule has 0 radical (unpaired) electrons. The smallest absolute Gasteiger partial charge is 0.343 e. The van der Waals surface area contributed by atoms with Crippen molar-refractivity contribution in [2.45, 2.75) is 59.7 Å². The predicted molar refractivity (Wildman–Crippen MR) is 136 cm³/mol. The van der Waals surface area contributed by atoms with E-state index in [1.807, 2.05) is 25.4 Å². The molecule has 0 fully saturated rings. The molecule has 1 aromatic carbocycles. The van der Waals surface area contributed by atoms with Gasteiger partial charge in [-0.3, -0.25) is 4.79 Å². The van der Waals surface area contributed by atoms with Crippen molar-refractivity contribution in [2.24, 2.45) is 5.92 Å². The number of amides is 1. The minimum Gasteiger partial charge on any atom is -0.343 e. The number of nitrogens with one attached hydrogen (secondary N) is 1. The molecular weight excluding hydrogens is 473 g/mol. The fraction of sp³-hybridized carbons (Fsp3) is 0.462. The summed E-state index contributed by atoms with van der Waals surface area (Å²) in [5.74, 6) is 0.475. The highest BCUT2D eigenvalue weighted by atomic mass is 32.1. The highest BCUT2D eigenvalue weighted by molar-refractivity contribution is 7.14. The molecule has 1 N–H and O–H groups in total. The molecule has 0 saturated heterocycles. The Labute approximate surface area is 209 Å². The first kappa shape index (κ1) is 26.8. The third-order valence-corrected chi connectivity index (χ3v) is 6.69. The molecule has 3 aromatic rings. The van der Waals surface area contributed by atoms with E-state index in [1.165, 1.54) is 17.4 Å². The van der Waals surface area contributed by atoms with E-state index < -0.39 is 11.7 Å². The van der Waals surface area contributed by atoms with Crippen LogP contribution in [0.4, 0.5) is 24.0 Å². The number of unbranched alkanes of at least 4 members (excludes halogenated alkanes) is 1. The van der Waals surface area contributed by atoms with Crippen LogP contribution in [0, 0.1) is 12.8 Å². The van der Waals surface area contributed by atoms with E-state index >= 15 is 0 Å². The summed E-state index contributed by atoms with van der Waals surface area (Å²) in [6.45, 7) is 9.81. The molecule has 190 valence electrons. The Bertz CT molecular complexity index is 1150. The molecular formula is C26H33F3N4OS. The summed E-state index contributed by atoms with van der Waals surface area (Å²) in [5.41, 5.74) is 2.68. The van der Waals surface area contributed by atoms with Crippen LogP contribution in [0.1, 0.15) is 61.6 Å². The van der Waals surface area contributed by atoms with Gasteiger partial charge >= 0.3 is 6.18 Å². The summed E-state index contributed by atoms with van der Waals surface area (Å²) in [6, 6.07) is 6.95. The number of carbonyl (C=O) groups excluding carboxylic acids is 1. The molecule has 0 unspecified atom stereocenters. The van der Waals surface area contributed by atoms with Gasteiger partial charge < -0.3 is 14.8 Å². The van der Waals surface area contributed by atoms with Gasteiger partial charge in [0.05, 0.1) is 22.5 Å². The fourth-order valence-corrected chi connectivity index (χ4v) is 4.52. The van der Waals surface area contributed by atoms with Crippen molar-refractivity contribution in [1.82, 2.24) is 14.5 Å². The zero-order chi connectivity index (χ0) is 25.8. The number of rotatable bonds is 10. The number of alkyl halides is 3. The van der Waals surface area contributed by atoms with Crippen LogP contribution in [-0.4, -0.2) is 34.0 Å². The normalized spacial score (nSPS) is 11.8. The van der Waals surface area contributed by atoms with Gasteiger partial charge in [-0.05, 0) is 49.9 Å². The molecule has 2 heterocycles. The van der Waals surface area contributed by atoms with Crippen molar-refractivity contribution < 1.29 is 18.0 Å². The number of benzene rings is 1. The van der Waals surface area contributed by atoms with Gasteiger partial charge in [0.2, 0.25) is 0 Å². The zero-order valence-electron chi connectivity index (χ0n) is 20.9. The molecule has 3 rings (SSSR count). The lowest BCUT2D eigenvalue weighted by Gasteiger charge is -2.17. The number of anilines is 2. The van der Waals surface area contributed by atoms with Crippen molar-refractivity contribution in [3.8, 4) is 11.4 Å². The second-order valence-electron chi connectivity index (χ2n) is 9.18. The Kier molecular flexibility index (Phi) is 8.64. The lowest BCUT2D eigenvalue weighted by atomic mass is 10.1. The van der Waals surface area contributed by atoms with Crippen molar-refractivity contribution in [3.05, 3.63) is 52.5 Å². The number of carbonyl (C=O) groups is 1. The topological polar surface area (TPSA) is 50.2 Å². The monoisotopic (exact) mass is 506 g/mol. The molecule has 1 amide bonds. The molecule has 9 heteroatoms. The zero-order valence-corrected chi connectivity index (χ0v) is 21.7. The molecule has 0 atom stereocenters.